The second-order valence-corrected chi connectivity index (χ2v) is 6.02. The zero-order chi connectivity index (χ0) is 14.6. The number of nitrogens with two attached hydrogens (primary N) is 1. The van der Waals surface area contributed by atoms with Crippen LogP contribution in [0.5, 0.6) is 0 Å². The van der Waals surface area contributed by atoms with Crippen LogP contribution >= 0.6 is 11.6 Å². The summed E-state index contributed by atoms with van der Waals surface area (Å²) in [7, 11) is 0. The number of carbonyl (C=O) groups is 1. The predicted octanol–water partition coefficient (Wildman–Crippen LogP) is 3.72. The normalized spacial score (nSPS) is 17.8. The highest BCUT2D eigenvalue weighted by atomic mass is 35.5. The number of rotatable bonds is 4. The summed E-state index contributed by atoms with van der Waals surface area (Å²) in [6, 6.07) is 3.95. The molecule has 0 heterocycles. The molecule has 20 heavy (non-hydrogen) atoms. The van der Waals surface area contributed by atoms with Crippen LogP contribution in [0.2, 0.25) is 5.02 Å². The number of hydrogen-bond acceptors (Lipinski definition) is 2. The molecule has 1 aliphatic carbocycles. The molecular formula is C15H20ClFN2O. The summed E-state index contributed by atoms with van der Waals surface area (Å²) < 4.78 is 13.0. The number of anilines is 1. The van der Waals surface area contributed by atoms with Crippen LogP contribution in [0.3, 0.4) is 0 Å². The average molecular weight is 299 g/mol. The Hall–Kier alpha value is -1.13. The summed E-state index contributed by atoms with van der Waals surface area (Å²) in [5, 5.41) is 2.96. The van der Waals surface area contributed by atoms with Crippen LogP contribution < -0.4 is 11.1 Å². The topological polar surface area (TPSA) is 55.1 Å². The van der Waals surface area contributed by atoms with Crippen molar-refractivity contribution in [2.45, 2.75) is 38.5 Å². The van der Waals surface area contributed by atoms with Crippen molar-refractivity contribution >= 4 is 23.2 Å². The maximum atomic E-state index is 13.0. The third-order valence-corrected chi connectivity index (χ3v) is 4.40. The highest BCUT2D eigenvalue weighted by Crippen LogP contribution is 2.38. The SMILES string of the molecule is NCC1(CC(=O)Nc2ccc(F)cc2Cl)CCCCC1. The third-order valence-electron chi connectivity index (χ3n) is 4.09. The van der Waals surface area contributed by atoms with Crippen molar-refractivity contribution < 1.29 is 9.18 Å². The number of nitrogens with one attached hydrogen (secondary N) is 1. The van der Waals surface area contributed by atoms with Gasteiger partial charge in [0.2, 0.25) is 5.91 Å². The Morgan fingerprint density at radius 3 is 2.65 bits per heavy atom. The molecule has 1 aliphatic rings. The van der Waals surface area contributed by atoms with Crippen LogP contribution in [0.25, 0.3) is 0 Å². The molecule has 3 nitrogen and oxygen atoms in total. The van der Waals surface area contributed by atoms with Gasteiger partial charge in [-0.1, -0.05) is 30.9 Å². The van der Waals surface area contributed by atoms with E-state index in [1.54, 1.807) is 0 Å². The molecule has 0 spiro atoms. The van der Waals surface area contributed by atoms with Gasteiger partial charge in [-0.05, 0) is 43.0 Å². The minimum absolute atomic E-state index is 0.0885. The zero-order valence-corrected chi connectivity index (χ0v) is 12.2. The number of benzene rings is 1. The van der Waals surface area contributed by atoms with Crippen molar-refractivity contribution in [3.63, 3.8) is 0 Å². The first kappa shape index (κ1) is 15.3. The Bertz CT molecular complexity index is 487. The summed E-state index contributed by atoms with van der Waals surface area (Å²) in [6.07, 6.45) is 5.86. The first-order valence-electron chi connectivity index (χ1n) is 7.00. The summed E-state index contributed by atoms with van der Waals surface area (Å²) in [5.41, 5.74) is 6.23. The Kier molecular flexibility index (Phi) is 5.00. The molecule has 1 aromatic carbocycles. The van der Waals surface area contributed by atoms with Crippen LogP contribution in [0.15, 0.2) is 18.2 Å². The summed E-state index contributed by atoms with van der Waals surface area (Å²) in [5.74, 6) is -0.524. The van der Waals surface area contributed by atoms with E-state index in [1.165, 1.54) is 24.6 Å². The first-order valence-corrected chi connectivity index (χ1v) is 7.37. The molecular weight excluding hydrogens is 279 g/mol. The summed E-state index contributed by atoms with van der Waals surface area (Å²) in [4.78, 5) is 12.2. The zero-order valence-electron chi connectivity index (χ0n) is 11.4. The van der Waals surface area contributed by atoms with Gasteiger partial charge in [0.05, 0.1) is 10.7 Å². The number of carbonyl (C=O) groups excluding carboxylic acids is 1. The van der Waals surface area contributed by atoms with E-state index in [9.17, 15) is 9.18 Å². The van der Waals surface area contributed by atoms with E-state index in [2.05, 4.69) is 5.32 Å². The van der Waals surface area contributed by atoms with Crippen LogP contribution in [-0.2, 0) is 4.79 Å². The molecule has 0 saturated heterocycles. The van der Waals surface area contributed by atoms with E-state index < -0.39 is 5.82 Å². The fourth-order valence-electron chi connectivity index (χ4n) is 2.88. The number of halogens is 2. The molecule has 110 valence electrons. The van der Waals surface area contributed by atoms with Gasteiger partial charge in [0.25, 0.3) is 0 Å². The van der Waals surface area contributed by atoms with Gasteiger partial charge in [0.15, 0.2) is 0 Å². The molecule has 1 amide bonds. The standard InChI is InChI=1S/C15H20ClFN2O/c16-12-8-11(17)4-5-13(12)19-14(20)9-15(10-18)6-2-1-3-7-15/h4-5,8H,1-3,6-7,9-10,18H2,(H,19,20). The molecule has 1 saturated carbocycles. The van der Waals surface area contributed by atoms with Gasteiger partial charge in [0.1, 0.15) is 5.82 Å². The molecule has 0 unspecified atom stereocenters. The van der Waals surface area contributed by atoms with E-state index in [0.717, 1.165) is 25.7 Å². The molecule has 1 aromatic rings. The number of amides is 1. The van der Waals surface area contributed by atoms with E-state index in [1.807, 2.05) is 0 Å². The maximum absolute atomic E-state index is 13.0. The largest absolute Gasteiger partial charge is 0.330 e. The maximum Gasteiger partial charge on any atom is 0.225 e. The molecule has 1 fully saturated rings. The molecule has 2 rings (SSSR count). The molecule has 5 heteroatoms. The number of hydrogen-bond donors (Lipinski definition) is 2. The second kappa shape index (κ2) is 6.55. The fraction of sp³-hybridized carbons (Fsp3) is 0.533. The Labute approximate surface area is 123 Å². The van der Waals surface area contributed by atoms with E-state index in [0.29, 0.717) is 18.7 Å². The first-order chi connectivity index (χ1) is 9.54. The van der Waals surface area contributed by atoms with Crippen molar-refractivity contribution in [3.8, 4) is 0 Å². The quantitative estimate of drug-likeness (QED) is 0.890. The second-order valence-electron chi connectivity index (χ2n) is 5.61. The van der Waals surface area contributed by atoms with Gasteiger partial charge >= 0.3 is 0 Å². The van der Waals surface area contributed by atoms with Gasteiger partial charge < -0.3 is 11.1 Å². The van der Waals surface area contributed by atoms with E-state index >= 15 is 0 Å². The Morgan fingerprint density at radius 1 is 1.35 bits per heavy atom. The lowest BCUT2D eigenvalue weighted by molar-refractivity contribution is -0.118. The lowest BCUT2D eigenvalue weighted by Crippen LogP contribution is -2.36. The molecule has 0 aromatic heterocycles. The highest BCUT2D eigenvalue weighted by molar-refractivity contribution is 6.33. The predicted molar refractivity (Wildman–Crippen MR) is 79.2 cm³/mol. The average Bonchev–Trinajstić information content (AvgIpc) is 2.43. The monoisotopic (exact) mass is 298 g/mol. The molecule has 0 aliphatic heterocycles. The van der Waals surface area contributed by atoms with Gasteiger partial charge in [-0.2, -0.15) is 0 Å². The molecule has 3 N–H and O–H groups in total. The molecule has 0 atom stereocenters. The van der Waals surface area contributed by atoms with Crippen molar-refractivity contribution in [2.75, 3.05) is 11.9 Å². The highest BCUT2D eigenvalue weighted by Gasteiger charge is 2.33. The fourth-order valence-corrected chi connectivity index (χ4v) is 3.10. The van der Waals surface area contributed by atoms with Crippen molar-refractivity contribution in [3.05, 3.63) is 29.0 Å². The minimum atomic E-state index is -0.418. The third kappa shape index (κ3) is 3.70. The van der Waals surface area contributed by atoms with Crippen molar-refractivity contribution in [1.29, 1.82) is 0 Å². The summed E-state index contributed by atoms with van der Waals surface area (Å²) in [6.45, 7) is 0.525. The van der Waals surface area contributed by atoms with Gasteiger partial charge in [0, 0.05) is 6.42 Å². The van der Waals surface area contributed by atoms with Crippen molar-refractivity contribution in [2.24, 2.45) is 11.1 Å². The molecule has 0 bridgehead atoms. The van der Waals surface area contributed by atoms with Gasteiger partial charge in [-0.25, -0.2) is 4.39 Å². The Balaban J connectivity index is 2.00. The summed E-state index contributed by atoms with van der Waals surface area (Å²) >= 11 is 5.91. The van der Waals surface area contributed by atoms with E-state index in [4.69, 9.17) is 17.3 Å². The van der Waals surface area contributed by atoms with Crippen molar-refractivity contribution in [1.82, 2.24) is 0 Å². The molecule has 0 radical (unpaired) electrons. The van der Waals surface area contributed by atoms with Crippen LogP contribution in [-0.4, -0.2) is 12.5 Å². The smallest absolute Gasteiger partial charge is 0.225 e. The minimum Gasteiger partial charge on any atom is -0.330 e. The van der Waals surface area contributed by atoms with Crippen LogP contribution in [0.1, 0.15) is 38.5 Å². The van der Waals surface area contributed by atoms with Gasteiger partial charge in [-0.15, -0.1) is 0 Å². The van der Waals surface area contributed by atoms with Crippen LogP contribution in [0.4, 0.5) is 10.1 Å². The van der Waals surface area contributed by atoms with Crippen LogP contribution in [0, 0.1) is 11.2 Å². The lowest BCUT2D eigenvalue weighted by Gasteiger charge is -2.35. The lowest BCUT2D eigenvalue weighted by atomic mass is 9.71. The van der Waals surface area contributed by atoms with E-state index in [-0.39, 0.29) is 16.3 Å². The Morgan fingerprint density at radius 2 is 2.05 bits per heavy atom. The van der Waals surface area contributed by atoms with Gasteiger partial charge in [-0.3, -0.25) is 4.79 Å².